The maximum atomic E-state index is 10.8. The number of ketones is 1. The first kappa shape index (κ1) is 19.9. The third kappa shape index (κ3) is 15.6. The lowest BCUT2D eigenvalue weighted by atomic mass is 10.3. The smallest absolute Gasteiger partial charge is 0.333 e. The highest BCUT2D eigenvalue weighted by molar-refractivity contribution is 5.94. The lowest BCUT2D eigenvalue weighted by molar-refractivity contribution is -0.151. The Morgan fingerprint density at radius 2 is 1.55 bits per heavy atom. The van der Waals surface area contributed by atoms with Gasteiger partial charge in [-0.25, -0.2) is 4.79 Å². The molecule has 0 unspecified atom stereocenters. The van der Waals surface area contributed by atoms with Gasteiger partial charge in [-0.05, 0) is 19.9 Å². The van der Waals surface area contributed by atoms with Gasteiger partial charge in [-0.15, -0.1) is 0 Å². The lowest BCUT2D eigenvalue weighted by Crippen LogP contribution is -2.15. The number of hydrogen-bond acceptors (Lipinski definition) is 6. The van der Waals surface area contributed by atoms with Crippen LogP contribution >= 0.6 is 0 Å². The second-order valence-corrected chi connectivity index (χ2v) is 3.62. The summed E-state index contributed by atoms with van der Waals surface area (Å²) in [6.45, 7) is 9.20. The zero-order valence-corrected chi connectivity index (χ0v) is 11.6. The van der Waals surface area contributed by atoms with Crippen LogP contribution in [0.1, 0.15) is 20.3 Å². The SMILES string of the molecule is C=C(C)C(=O)OCCOC(=O)CC(C)=O.C=CC(N)=O. The van der Waals surface area contributed by atoms with E-state index in [1.165, 1.54) is 13.8 Å². The van der Waals surface area contributed by atoms with E-state index in [9.17, 15) is 19.2 Å². The van der Waals surface area contributed by atoms with Gasteiger partial charge in [0.1, 0.15) is 25.4 Å². The molecule has 0 atom stereocenters. The van der Waals surface area contributed by atoms with E-state index in [-0.39, 0.29) is 31.0 Å². The van der Waals surface area contributed by atoms with E-state index in [2.05, 4.69) is 28.4 Å². The number of esters is 2. The first-order chi connectivity index (χ1) is 9.20. The number of primary amides is 1. The molecular formula is C13H19NO6. The van der Waals surface area contributed by atoms with E-state index in [4.69, 9.17) is 0 Å². The molecule has 20 heavy (non-hydrogen) atoms. The third-order valence-electron chi connectivity index (χ3n) is 1.52. The molecule has 0 aromatic carbocycles. The summed E-state index contributed by atoms with van der Waals surface area (Å²) in [6, 6.07) is 0. The fourth-order valence-corrected chi connectivity index (χ4v) is 0.667. The molecule has 7 heteroatoms. The molecule has 0 radical (unpaired) electrons. The molecule has 0 aliphatic rings. The van der Waals surface area contributed by atoms with Crippen LogP contribution in [-0.2, 0) is 28.7 Å². The molecule has 7 nitrogen and oxygen atoms in total. The Bertz CT molecular complexity index is 400. The Morgan fingerprint density at radius 3 is 1.90 bits per heavy atom. The number of hydrogen-bond donors (Lipinski definition) is 1. The summed E-state index contributed by atoms with van der Waals surface area (Å²) in [5.74, 6) is -1.89. The number of rotatable bonds is 7. The highest BCUT2D eigenvalue weighted by atomic mass is 16.6. The monoisotopic (exact) mass is 285 g/mol. The van der Waals surface area contributed by atoms with Crippen molar-refractivity contribution in [2.24, 2.45) is 5.73 Å². The predicted molar refractivity (Wildman–Crippen MR) is 71.4 cm³/mol. The van der Waals surface area contributed by atoms with Crippen molar-refractivity contribution in [3.05, 3.63) is 24.8 Å². The molecule has 0 rings (SSSR count). The van der Waals surface area contributed by atoms with Crippen LogP contribution in [0.4, 0.5) is 0 Å². The average molecular weight is 285 g/mol. The molecule has 0 fully saturated rings. The van der Waals surface area contributed by atoms with Gasteiger partial charge in [-0.1, -0.05) is 13.2 Å². The van der Waals surface area contributed by atoms with Gasteiger partial charge in [0, 0.05) is 5.57 Å². The van der Waals surface area contributed by atoms with Crippen molar-refractivity contribution in [3.63, 3.8) is 0 Å². The van der Waals surface area contributed by atoms with E-state index < -0.39 is 17.8 Å². The van der Waals surface area contributed by atoms with Crippen molar-refractivity contribution >= 4 is 23.6 Å². The number of carbonyl (C=O) groups is 4. The van der Waals surface area contributed by atoms with Gasteiger partial charge in [0.05, 0.1) is 0 Å². The number of amides is 1. The van der Waals surface area contributed by atoms with Crippen LogP contribution in [0.15, 0.2) is 24.8 Å². The number of carbonyl (C=O) groups excluding carboxylic acids is 4. The van der Waals surface area contributed by atoms with Crippen LogP contribution in [0, 0.1) is 0 Å². The molecule has 0 aromatic heterocycles. The largest absolute Gasteiger partial charge is 0.462 e. The maximum absolute atomic E-state index is 10.8. The maximum Gasteiger partial charge on any atom is 0.333 e. The minimum atomic E-state index is -0.617. The van der Waals surface area contributed by atoms with E-state index in [0.717, 1.165) is 6.08 Å². The van der Waals surface area contributed by atoms with Gasteiger partial charge in [0.2, 0.25) is 5.91 Å². The second-order valence-electron chi connectivity index (χ2n) is 3.62. The molecule has 112 valence electrons. The first-order valence-electron chi connectivity index (χ1n) is 5.60. The standard InChI is InChI=1S/C10H14O5.C3H5NO/c1-7(2)10(13)15-5-4-14-9(12)6-8(3)11;1-2-3(4)5/h1,4-6H2,2-3H3;2H,1H2,(H2,4,5). The van der Waals surface area contributed by atoms with Crippen LogP contribution in [0.3, 0.4) is 0 Å². The van der Waals surface area contributed by atoms with E-state index in [1.54, 1.807) is 0 Å². The Labute approximate surface area is 117 Å². The van der Waals surface area contributed by atoms with Crippen LogP contribution in [0.5, 0.6) is 0 Å². The van der Waals surface area contributed by atoms with Gasteiger partial charge in [0.25, 0.3) is 0 Å². The normalized spacial score (nSPS) is 8.50. The Kier molecular flexibility index (Phi) is 11.6. The van der Waals surface area contributed by atoms with Gasteiger partial charge in [0.15, 0.2) is 0 Å². The minimum Gasteiger partial charge on any atom is -0.462 e. The number of Topliss-reactive ketones (excluding diaryl/α,β-unsaturated/α-hetero) is 1. The Morgan fingerprint density at radius 1 is 1.10 bits per heavy atom. The summed E-state index contributed by atoms with van der Waals surface area (Å²) in [7, 11) is 0. The van der Waals surface area contributed by atoms with E-state index in [1.807, 2.05) is 0 Å². The van der Waals surface area contributed by atoms with E-state index in [0.29, 0.717) is 0 Å². The highest BCUT2D eigenvalue weighted by Crippen LogP contribution is 1.93. The quantitative estimate of drug-likeness (QED) is 0.311. The summed E-state index contributed by atoms with van der Waals surface area (Å²) in [4.78, 5) is 41.6. The van der Waals surface area contributed by atoms with Crippen LogP contribution in [0.25, 0.3) is 0 Å². The highest BCUT2D eigenvalue weighted by Gasteiger charge is 2.07. The van der Waals surface area contributed by atoms with Crippen LogP contribution in [0.2, 0.25) is 0 Å². The van der Waals surface area contributed by atoms with Gasteiger partial charge >= 0.3 is 11.9 Å². The molecular weight excluding hydrogens is 266 g/mol. The predicted octanol–water partition coefficient (Wildman–Crippen LogP) is 0.286. The molecule has 1 amide bonds. The van der Waals surface area contributed by atoms with E-state index >= 15 is 0 Å². The molecule has 0 saturated carbocycles. The van der Waals surface area contributed by atoms with Crippen LogP contribution < -0.4 is 5.73 Å². The second kappa shape index (κ2) is 11.6. The topological polar surface area (TPSA) is 113 Å². The molecule has 0 aromatic rings. The van der Waals surface area contributed by atoms with Crippen LogP contribution in [-0.4, -0.2) is 36.8 Å². The van der Waals surface area contributed by atoms with Crippen molar-refractivity contribution in [2.45, 2.75) is 20.3 Å². The van der Waals surface area contributed by atoms with Gasteiger partial charge < -0.3 is 15.2 Å². The van der Waals surface area contributed by atoms with Gasteiger partial charge in [-0.2, -0.15) is 0 Å². The summed E-state index contributed by atoms with van der Waals surface area (Å²) in [6.07, 6.45) is 0.800. The molecule has 0 saturated heterocycles. The molecule has 0 bridgehead atoms. The zero-order chi connectivity index (χ0) is 16.1. The fourth-order valence-electron chi connectivity index (χ4n) is 0.667. The summed E-state index contributed by atoms with van der Waals surface area (Å²) in [5, 5.41) is 0. The van der Waals surface area contributed by atoms with Crippen molar-refractivity contribution in [3.8, 4) is 0 Å². The summed E-state index contributed by atoms with van der Waals surface area (Å²) < 4.78 is 9.27. The Balaban J connectivity index is 0. The molecule has 0 aliphatic heterocycles. The number of ether oxygens (including phenoxy) is 2. The molecule has 2 N–H and O–H groups in total. The van der Waals surface area contributed by atoms with Crippen molar-refractivity contribution < 1.29 is 28.7 Å². The summed E-state index contributed by atoms with van der Waals surface area (Å²) >= 11 is 0. The molecule has 0 spiro atoms. The minimum absolute atomic E-state index is 0.0324. The molecule has 0 aliphatic carbocycles. The zero-order valence-electron chi connectivity index (χ0n) is 11.6. The Hall–Kier alpha value is -2.44. The molecule has 0 heterocycles. The van der Waals surface area contributed by atoms with Crippen molar-refractivity contribution in [2.75, 3.05) is 13.2 Å². The lowest BCUT2D eigenvalue weighted by Gasteiger charge is -2.05. The van der Waals surface area contributed by atoms with Crippen molar-refractivity contribution in [1.29, 1.82) is 0 Å². The first-order valence-corrected chi connectivity index (χ1v) is 5.60. The average Bonchev–Trinajstić information content (AvgIpc) is 2.33. The third-order valence-corrected chi connectivity index (χ3v) is 1.52. The fraction of sp³-hybridized carbons (Fsp3) is 0.385. The summed E-state index contributed by atoms with van der Waals surface area (Å²) in [5.41, 5.74) is 4.82. The number of nitrogens with two attached hydrogens (primary N) is 1. The van der Waals surface area contributed by atoms with Gasteiger partial charge in [-0.3, -0.25) is 14.4 Å². The van der Waals surface area contributed by atoms with Crippen molar-refractivity contribution in [1.82, 2.24) is 0 Å².